The highest BCUT2D eigenvalue weighted by Crippen LogP contribution is 2.25. The van der Waals surface area contributed by atoms with Crippen LogP contribution in [0, 0.1) is 11.6 Å². The minimum Gasteiger partial charge on any atom is -0.351 e. The first kappa shape index (κ1) is 12.3. The van der Waals surface area contributed by atoms with Crippen molar-refractivity contribution in [3.63, 3.8) is 0 Å². The number of halogens is 2. The van der Waals surface area contributed by atoms with Gasteiger partial charge in [0.1, 0.15) is 5.82 Å². The van der Waals surface area contributed by atoms with E-state index in [-0.39, 0.29) is 17.0 Å². The fourth-order valence-corrected chi connectivity index (χ4v) is 1.84. The number of anilines is 1. The Balaban J connectivity index is 1.96. The Hall–Kier alpha value is -2.76. The molecule has 3 rings (SSSR count). The van der Waals surface area contributed by atoms with Crippen molar-refractivity contribution in [2.45, 2.75) is 0 Å². The second-order valence-corrected chi connectivity index (χ2v) is 4.08. The topological polar surface area (TPSA) is 55.1 Å². The molecule has 2 aromatic carbocycles. The van der Waals surface area contributed by atoms with Crippen LogP contribution in [0.1, 0.15) is 10.4 Å². The van der Waals surface area contributed by atoms with E-state index < -0.39 is 17.5 Å². The van der Waals surface area contributed by atoms with Crippen LogP contribution in [0.4, 0.5) is 14.6 Å². The molecular formula is C14H8F2N2O2. The number of aromatic nitrogens is 1. The highest BCUT2D eigenvalue weighted by Gasteiger charge is 2.16. The number of hydrogen-bond acceptors (Lipinski definition) is 3. The van der Waals surface area contributed by atoms with Crippen molar-refractivity contribution in [3.8, 4) is 0 Å². The van der Waals surface area contributed by atoms with Gasteiger partial charge in [0, 0.05) is 0 Å². The molecule has 0 atom stereocenters. The molecule has 4 nitrogen and oxygen atoms in total. The zero-order valence-electron chi connectivity index (χ0n) is 10.1. The molecule has 1 aromatic heterocycles. The maximum absolute atomic E-state index is 13.5. The van der Waals surface area contributed by atoms with Crippen LogP contribution < -0.4 is 5.32 Å². The highest BCUT2D eigenvalue weighted by atomic mass is 19.1. The van der Waals surface area contributed by atoms with E-state index >= 15 is 0 Å². The lowest BCUT2D eigenvalue weighted by Gasteiger charge is -2.02. The Labute approximate surface area is 112 Å². The molecule has 0 aliphatic rings. The highest BCUT2D eigenvalue weighted by molar-refractivity contribution is 6.07. The van der Waals surface area contributed by atoms with Crippen LogP contribution in [0.2, 0.25) is 0 Å². The summed E-state index contributed by atoms with van der Waals surface area (Å²) in [5.74, 6) is -1.86. The van der Waals surface area contributed by atoms with Gasteiger partial charge in [0.2, 0.25) is 5.58 Å². The molecule has 0 aliphatic heterocycles. The average Bonchev–Trinajstić information content (AvgIpc) is 2.84. The van der Waals surface area contributed by atoms with Crippen molar-refractivity contribution in [2.24, 2.45) is 0 Å². The maximum atomic E-state index is 13.5. The number of nitrogens with zero attached hydrogens (tertiary/aromatic N) is 1. The predicted molar refractivity (Wildman–Crippen MR) is 68.3 cm³/mol. The summed E-state index contributed by atoms with van der Waals surface area (Å²) in [7, 11) is 0. The smallest absolute Gasteiger partial charge is 0.259 e. The van der Waals surface area contributed by atoms with Crippen molar-refractivity contribution < 1.29 is 18.1 Å². The van der Waals surface area contributed by atoms with Gasteiger partial charge in [-0.05, 0) is 24.3 Å². The first-order valence-electron chi connectivity index (χ1n) is 5.76. The van der Waals surface area contributed by atoms with Gasteiger partial charge in [-0.3, -0.25) is 4.79 Å². The Morgan fingerprint density at radius 3 is 2.60 bits per heavy atom. The van der Waals surface area contributed by atoms with Gasteiger partial charge in [0.25, 0.3) is 5.91 Å². The summed E-state index contributed by atoms with van der Waals surface area (Å²) in [5, 5.41) is 6.30. The molecule has 1 heterocycles. The summed E-state index contributed by atoms with van der Waals surface area (Å²) < 4.78 is 31.7. The van der Waals surface area contributed by atoms with Gasteiger partial charge >= 0.3 is 0 Å². The number of fused-ring (bicyclic) bond motifs is 1. The molecule has 0 spiro atoms. The molecule has 6 heteroatoms. The lowest BCUT2D eigenvalue weighted by atomic mass is 10.2. The van der Waals surface area contributed by atoms with Gasteiger partial charge in [0.05, 0.1) is 10.9 Å². The standard InChI is InChI=1S/C14H8F2N2O2/c15-10-6-2-1-4-8(10)14(19)17-13-9-5-3-7-11(16)12(9)20-18-13/h1-7H,(H,17,18,19). The van der Waals surface area contributed by atoms with Gasteiger partial charge in [0.15, 0.2) is 11.6 Å². The van der Waals surface area contributed by atoms with E-state index in [4.69, 9.17) is 4.52 Å². The summed E-state index contributed by atoms with van der Waals surface area (Å²) >= 11 is 0. The van der Waals surface area contributed by atoms with Gasteiger partial charge in [-0.1, -0.05) is 23.4 Å². The summed E-state index contributed by atoms with van der Waals surface area (Å²) in [6.07, 6.45) is 0. The fourth-order valence-electron chi connectivity index (χ4n) is 1.84. The normalized spacial score (nSPS) is 10.7. The number of carbonyl (C=O) groups is 1. The Kier molecular flexibility index (Phi) is 2.90. The first-order chi connectivity index (χ1) is 9.66. The van der Waals surface area contributed by atoms with E-state index in [1.54, 1.807) is 12.1 Å². The summed E-state index contributed by atoms with van der Waals surface area (Å²) in [6.45, 7) is 0. The molecule has 0 bridgehead atoms. The zero-order chi connectivity index (χ0) is 14.1. The van der Waals surface area contributed by atoms with E-state index in [1.165, 1.54) is 30.3 Å². The Bertz CT molecular complexity index is 799. The van der Waals surface area contributed by atoms with E-state index in [9.17, 15) is 13.6 Å². The fraction of sp³-hybridized carbons (Fsp3) is 0. The van der Waals surface area contributed by atoms with Crippen LogP contribution in [0.5, 0.6) is 0 Å². The van der Waals surface area contributed by atoms with Crippen molar-refractivity contribution in [2.75, 3.05) is 5.32 Å². The zero-order valence-corrected chi connectivity index (χ0v) is 10.1. The second kappa shape index (κ2) is 4.73. The molecule has 0 aliphatic carbocycles. The number of nitrogens with one attached hydrogen (secondary N) is 1. The predicted octanol–water partition coefficient (Wildman–Crippen LogP) is 3.36. The largest absolute Gasteiger partial charge is 0.351 e. The summed E-state index contributed by atoms with van der Waals surface area (Å²) in [6, 6.07) is 9.77. The number of benzene rings is 2. The lowest BCUT2D eigenvalue weighted by Crippen LogP contribution is -2.13. The molecule has 20 heavy (non-hydrogen) atoms. The molecule has 0 fully saturated rings. The summed E-state index contributed by atoms with van der Waals surface area (Å²) in [5.41, 5.74) is -0.184. The quantitative estimate of drug-likeness (QED) is 0.779. The Morgan fingerprint density at radius 2 is 1.80 bits per heavy atom. The van der Waals surface area contributed by atoms with Gasteiger partial charge in [-0.2, -0.15) is 0 Å². The molecule has 0 radical (unpaired) electrons. The number of para-hydroxylation sites is 1. The second-order valence-electron chi connectivity index (χ2n) is 4.08. The molecular weight excluding hydrogens is 266 g/mol. The molecule has 0 unspecified atom stereocenters. The molecule has 0 saturated heterocycles. The molecule has 3 aromatic rings. The Morgan fingerprint density at radius 1 is 1.05 bits per heavy atom. The number of rotatable bonds is 2. The monoisotopic (exact) mass is 274 g/mol. The third-order valence-corrected chi connectivity index (χ3v) is 2.80. The minimum absolute atomic E-state index is 0.0488. The lowest BCUT2D eigenvalue weighted by molar-refractivity contribution is 0.102. The van der Waals surface area contributed by atoms with E-state index in [0.717, 1.165) is 0 Å². The van der Waals surface area contributed by atoms with Gasteiger partial charge in [-0.15, -0.1) is 0 Å². The number of amides is 1. The SMILES string of the molecule is O=C(Nc1noc2c(F)cccc12)c1ccccc1F. The number of hydrogen-bond donors (Lipinski definition) is 1. The van der Waals surface area contributed by atoms with Crippen molar-refractivity contribution in [1.29, 1.82) is 0 Å². The molecule has 0 saturated carbocycles. The van der Waals surface area contributed by atoms with E-state index in [1.807, 2.05) is 0 Å². The minimum atomic E-state index is -0.678. The van der Waals surface area contributed by atoms with Gasteiger partial charge in [-0.25, -0.2) is 8.78 Å². The van der Waals surface area contributed by atoms with Crippen molar-refractivity contribution in [1.82, 2.24) is 5.16 Å². The number of carbonyl (C=O) groups excluding carboxylic acids is 1. The van der Waals surface area contributed by atoms with Crippen molar-refractivity contribution in [3.05, 3.63) is 59.7 Å². The van der Waals surface area contributed by atoms with Crippen LogP contribution in [-0.2, 0) is 0 Å². The first-order valence-corrected chi connectivity index (χ1v) is 5.76. The maximum Gasteiger partial charge on any atom is 0.259 e. The van der Waals surface area contributed by atoms with Crippen LogP contribution in [0.3, 0.4) is 0 Å². The molecule has 1 N–H and O–H groups in total. The third-order valence-electron chi connectivity index (χ3n) is 2.80. The van der Waals surface area contributed by atoms with Crippen LogP contribution >= 0.6 is 0 Å². The molecule has 100 valence electrons. The van der Waals surface area contributed by atoms with Crippen molar-refractivity contribution >= 4 is 22.7 Å². The van der Waals surface area contributed by atoms with E-state index in [2.05, 4.69) is 10.5 Å². The average molecular weight is 274 g/mol. The van der Waals surface area contributed by atoms with Crippen LogP contribution in [-0.4, -0.2) is 11.1 Å². The molecule has 1 amide bonds. The third kappa shape index (κ3) is 2.01. The summed E-state index contributed by atoms with van der Waals surface area (Å²) in [4.78, 5) is 11.9. The van der Waals surface area contributed by atoms with Crippen LogP contribution in [0.15, 0.2) is 47.0 Å². The van der Waals surface area contributed by atoms with Crippen LogP contribution in [0.25, 0.3) is 11.0 Å². The van der Waals surface area contributed by atoms with Gasteiger partial charge < -0.3 is 9.84 Å². The van der Waals surface area contributed by atoms with E-state index in [0.29, 0.717) is 5.39 Å².